The maximum Gasteiger partial charge on any atom is 0.335 e. The van der Waals surface area contributed by atoms with E-state index in [1.807, 2.05) is 12.1 Å². The van der Waals surface area contributed by atoms with Crippen molar-refractivity contribution in [2.75, 3.05) is 0 Å². The van der Waals surface area contributed by atoms with Gasteiger partial charge in [0.1, 0.15) is 24.0 Å². The Morgan fingerprint density at radius 3 is 2.40 bits per heavy atom. The molecule has 0 aliphatic heterocycles. The zero-order chi connectivity index (χ0) is 33.3. The standard InChI is InChI=1S/C36H35ClFN3O5S/c1-22(2)40-47(44,45)29-14-16-30(23-8-11-26(37)12-9-23)25(18-29)21-46-28-13-15-31(32(38)20-28)35-39-33-19-24(36(42)43)10-17-34(33)41(35)27-6-4-3-5-7-27/h8-20,22,27,40H,3-7,21H2,1-2H3,(H,42,43). The Morgan fingerprint density at radius 1 is 1.00 bits per heavy atom. The van der Waals surface area contributed by atoms with Gasteiger partial charge >= 0.3 is 5.97 Å². The fourth-order valence-electron chi connectivity index (χ4n) is 6.20. The maximum atomic E-state index is 15.9. The molecular formula is C36H35ClFN3O5S. The second-order valence-corrected chi connectivity index (χ2v) is 14.3. The predicted molar refractivity (Wildman–Crippen MR) is 181 cm³/mol. The summed E-state index contributed by atoms with van der Waals surface area (Å²) in [6, 6.07) is 21.3. The topological polar surface area (TPSA) is 111 Å². The smallest absolute Gasteiger partial charge is 0.335 e. The number of carboxylic acids is 1. The number of aromatic nitrogens is 2. The van der Waals surface area contributed by atoms with Crippen LogP contribution in [0.3, 0.4) is 0 Å². The number of hydrogen-bond donors (Lipinski definition) is 2. The van der Waals surface area contributed by atoms with E-state index in [0.717, 1.165) is 48.7 Å². The number of hydrogen-bond acceptors (Lipinski definition) is 5. The van der Waals surface area contributed by atoms with Crippen molar-refractivity contribution in [1.29, 1.82) is 0 Å². The number of benzene rings is 4. The number of rotatable bonds is 10. The summed E-state index contributed by atoms with van der Waals surface area (Å²) >= 11 is 6.10. The van der Waals surface area contributed by atoms with Crippen molar-refractivity contribution < 1.29 is 27.4 Å². The van der Waals surface area contributed by atoms with Gasteiger partial charge in [0.05, 0.1) is 27.1 Å². The molecule has 0 spiro atoms. The lowest BCUT2D eigenvalue weighted by molar-refractivity contribution is 0.0697. The normalized spacial score (nSPS) is 14.1. The third-order valence-electron chi connectivity index (χ3n) is 8.39. The summed E-state index contributed by atoms with van der Waals surface area (Å²) < 4.78 is 52.6. The zero-order valence-corrected chi connectivity index (χ0v) is 27.6. The van der Waals surface area contributed by atoms with Gasteiger partial charge in [-0.05, 0) is 98.0 Å². The van der Waals surface area contributed by atoms with E-state index in [-0.39, 0.29) is 40.5 Å². The first-order chi connectivity index (χ1) is 22.5. The van der Waals surface area contributed by atoms with Crippen molar-refractivity contribution in [1.82, 2.24) is 14.3 Å². The molecule has 0 amide bonds. The molecule has 0 saturated heterocycles. The number of sulfonamides is 1. The summed E-state index contributed by atoms with van der Waals surface area (Å²) in [6.45, 7) is 3.47. The largest absolute Gasteiger partial charge is 0.489 e. The molecule has 0 bridgehead atoms. The first-order valence-corrected chi connectivity index (χ1v) is 17.5. The van der Waals surface area contributed by atoms with E-state index < -0.39 is 21.8 Å². The van der Waals surface area contributed by atoms with E-state index in [0.29, 0.717) is 21.9 Å². The van der Waals surface area contributed by atoms with Crippen LogP contribution in [0, 0.1) is 5.82 Å². The van der Waals surface area contributed by atoms with Crippen molar-refractivity contribution in [3.05, 3.63) is 101 Å². The Balaban J connectivity index is 1.34. The first kappa shape index (κ1) is 32.7. The Labute approximate surface area is 278 Å². The number of aromatic carboxylic acids is 1. The summed E-state index contributed by atoms with van der Waals surface area (Å²) in [4.78, 5) is 16.5. The van der Waals surface area contributed by atoms with Gasteiger partial charge in [-0.25, -0.2) is 27.3 Å². The quantitative estimate of drug-likeness (QED) is 0.153. The number of nitrogens with one attached hydrogen (secondary N) is 1. The molecule has 2 N–H and O–H groups in total. The summed E-state index contributed by atoms with van der Waals surface area (Å²) in [7, 11) is -3.77. The average molecular weight is 676 g/mol. The van der Waals surface area contributed by atoms with E-state index in [1.54, 1.807) is 68.4 Å². The number of ether oxygens (including phenoxy) is 1. The van der Waals surface area contributed by atoms with Crippen LogP contribution in [0.4, 0.5) is 4.39 Å². The fourth-order valence-corrected chi connectivity index (χ4v) is 7.63. The molecule has 6 rings (SSSR count). The molecule has 1 aliphatic carbocycles. The Bertz CT molecular complexity index is 2060. The minimum atomic E-state index is -3.77. The van der Waals surface area contributed by atoms with Crippen molar-refractivity contribution in [3.63, 3.8) is 0 Å². The van der Waals surface area contributed by atoms with Gasteiger partial charge in [-0.15, -0.1) is 0 Å². The minimum Gasteiger partial charge on any atom is -0.489 e. The van der Waals surface area contributed by atoms with Crippen LogP contribution in [0.2, 0.25) is 5.02 Å². The van der Waals surface area contributed by atoms with Gasteiger partial charge in [-0.3, -0.25) is 0 Å². The first-order valence-electron chi connectivity index (χ1n) is 15.6. The molecule has 244 valence electrons. The number of fused-ring (bicyclic) bond motifs is 1. The van der Waals surface area contributed by atoms with Gasteiger partial charge in [0, 0.05) is 23.2 Å². The Hall–Kier alpha value is -4.25. The van der Waals surface area contributed by atoms with Crippen LogP contribution in [-0.2, 0) is 16.6 Å². The van der Waals surface area contributed by atoms with E-state index in [2.05, 4.69) is 9.29 Å². The SMILES string of the molecule is CC(C)NS(=O)(=O)c1ccc(-c2ccc(Cl)cc2)c(COc2ccc(-c3nc4cc(C(=O)O)ccc4n3C3CCCCC3)c(F)c2)c1. The fraction of sp³-hybridized carbons (Fsp3) is 0.278. The highest BCUT2D eigenvalue weighted by Gasteiger charge is 2.25. The molecule has 0 radical (unpaired) electrons. The second kappa shape index (κ2) is 13.5. The third-order valence-corrected chi connectivity index (χ3v) is 10.3. The van der Waals surface area contributed by atoms with Gasteiger partial charge in [0.25, 0.3) is 0 Å². The van der Waals surface area contributed by atoms with Crippen molar-refractivity contribution in [3.8, 4) is 28.3 Å². The summed E-state index contributed by atoms with van der Waals surface area (Å²) in [6.07, 6.45) is 5.12. The Kier molecular flexibility index (Phi) is 9.36. The third kappa shape index (κ3) is 7.05. The molecule has 4 aromatic carbocycles. The van der Waals surface area contributed by atoms with E-state index >= 15 is 4.39 Å². The lowest BCUT2D eigenvalue weighted by Crippen LogP contribution is -2.30. The molecule has 1 aromatic heterocycles. The molecule has 0 atom stereocenters. The monoisotopic (exact) mass is 675 g/mol. The number of carboxylic acid groups (broad SMARTS) is 1. The molecule has 1 heterocycles. The van der Waals surface area contributed by atoms with Crippen molar-refractivity contribution >= 4 is 38.6 Å². The number of halogens is 2. The number of imidazole rings is 1. The molecule has 11 heteroatoms. The molecule has 1 fully saturated rings. The van der Waals surface area contributed by atoms with Gasteiger partial charge in [0.15, 0.2) is 0 Å². The number of carbonyl (C=O) groups is 1. The van der Waals surface area contributed by atoms with Gasteiger partial charge in [-0.2, -0.15) is 0 Å². The van der Waals surface area contributed by atoms with E-state index in [1.165, 1.54) is 12.1 Å². The van der Waals surface area contributed by atoms with Crippen LogP contribution in [0.1, 0.15) is 67.9 Å². The van der Waals surface area contributed by atoms with E-state index in [4.69, 9.17) is 21.3 Å². The minimum absolute atomic E-state index is 0.0274. The van der Waals surface area contributed by atoms with Crippen LogP contribution in [-0.4, -0.2) is 35.1 Å². The second-order valence-electron chi connectivity index (χ2n) is 12.1. The zero-order valence-electron chi connectivity index (χ0n) is 26.0. The van der Waals surface area contributed by atoms with Crippen LogP contribution < -0.4 is 9.46 Å². The highest BCUT2D eigenvalue weighted by molar-refractivity contribution is 7.89. The highest BCUT2D eigenvalue weighted by atomic mass is 35.5. The lowest BCUT2D eigenvalue weighted by Gasteiger charge is -2.25. The van der Waals surface area contributed by atoms with Crippen LogP contribution in [0.15, 0.2) is 83.8 Å². The van der Waals surface area contributed by atoms with Crippen LogP contribution in [0.25, 0.3) is 33.5 Å². The van der Waals surface area contributed by atoms with E-state index in [9.17, 15) is 18.3 Å². The predicted octanol–water partition coefficient (Wildman–Crippen LogP) is 8.63. The molecular weight excluding hydrogens is 641 g/mol. The maximum absolute atomic E-state index is 15.9. The lowest BCUT2D eigenvalue weighted by atomic mass is 9.94. The van der Waals surface area contributed by atoms with Gasteiger partial charge < -0.3 is 14.4 Å². The van der Waals surface area contributed by atoms with Crippen LogP contribution in [0.5, 0.6) is 5.75 Å². The highest BCUT2D eigenvalue weighted by Crippen LogP contribution is 2.38. The van der Waals surface area contributed by atoms with Crippen molar-refractivity contribution in [2.45, 2.75) is 69.5 Å². The average Bonchev–Trinajstić information content (AvgIpc) is 3.42. The van der Waals surface area contributed by atoms with Gasteiger partial charge in [-0.1, -0.05) is 49.1 Å². The molecule has 5 aromatic rings. The summed E-state index contributed by atoms with van der Waals surface area (Å²) in [5.74, 6) is -0.884. The van der Waals surface area contributed by atoms with Crippen LogP contribution >= 0.6 is 11.6 Å². The molecule has 0 unspecified atom stereocenters. The summed E-state index contributed by atoms with van der Waals surface area (Å²) in [5, 5.41) is 10.1. The molecule has 1 aliphatic rings. The Morgan fingerprint density at radius 2 is 1.72 bits per heavy atom. The van der Waals surface area contributed by atoms with Gasteiger partial charge in [0.2, 0.25) is 10.0 Å². The molecule has 8 nitrogen and oxygen atoms in total. The molecule has 1 saturated carbocycles. The molecule has 47 heavy (non-hydrogen) atoms. The number of nitrogens with zero attached hydrogens (tertiary/aromatic N) is 2. The summed E-state index contributed by atoms with van der Waals surface area (Å²) in [5.41, 5.74) is 3.85. The van der Waals surface area contributed by atoms with Crippen molar-refractivity contribution in [2.24, 2.45) is 0 Å².